The topological polar surface area (TPSA) is 75.7 Å². The van der Waals surface area contributed by atoms with E-state index in [1.54, 1.807) is 20.8 Å². The van der Waals surface area contributed by atoms with Crippen molar-refractivity contribution in [1.29, 1.82) is 0 Å². The molecule has 0 aromatic heterocycles. The third kappa shape index (κ3) is 5.22. The Morgan fingerprint density at radius 3 is 2.56 bits per heavy atom. The average Bonchev–Trinajstić information content (AvgIpc) is 2.12. The van der Waals surface area contributed by atoms with Crippen LogP contribution in [0, 0.1) is 0 Å². The van der Waals surface area contributed by atoms with E-state index in [4.69, 9.17) is 4.74 Å². The van der Waals surface area contributed by atoms with Crippen LogP contribution in [0.1, 0.15) is 20.8 Å². The maximum absolute atomic E-state index is 12.0. The molecule has 7 heteroatoms. The second-order valence-electron chi connectivity index (χ2n) is 5.62. The molecule has 1 rings (SSSR count). The van der Waals surface area contributed by atoms with Gasteiger partial charge >= 0.3 is 6.09 Å². The molecule has 1 N–H and O–H groups in total. The summed E-state index contributed by atoms with van der Waals surface area (Å²) in [5.74, 6) is -0.0424. The Morgan fingerprint density at radius 1 is 1.44 bits per heavy atom. The van der Waals surface area contributed by atoms with Crippen LogP contribution in [0.3, 0.4) is 0 Å². The minimum absolute atomic E-state index is 0.0424. The zero-order valence-electron chi connectivity index (χ0n) is 11.4. The summed E-state index contributed by atoms with van der Waals surface area (Å²) in [7, 11) is -3.12. The van der Waals surface area contributed by atoms with E-state index in [1.807, 2.05) is 0 Å². The smallest absolute Gasteiger partial charge is 0.410 e. The van der Waals surface area contributed by atoms with Gasteiger partial charge in [0.15, 0.2) is 0 Å². The van der Waals surface area contributed by atoms with E-state index in [-0.39, 0.29) is 11.8 Å². The van der Waals surface area contributed by atoms with Crippen molar-refractivity contribution in [2.75, 3.05) is 31.6 Å². The molecule has 1 aliphatic heterocycles. The van der Waals surface area contributed by atoms with Gasteiger partial charge in [-0.2, -0.15) is 0 Å². The molecule has 1 saturated heterocycles. The molecule has 0 aromatic rings. The second-order valence-corrected chi connectivity index (χ2v) is 7.81. The fraction of sp³-hybridized carbons (Fsp3) is 0.909. The lowest BCUT2D eigenvalue weighted by atomic mass is 10.2. The van der Waals surface area contributed by atoms with Crippen molar-refractivity contribution in [3.05, 3.63) is 0 Å². The standard InChI is InChI=1S/C11H22N2O4S/c1-11(2,3)17-10(14)13-6-5-12-7-9(13)8-18(4,15)16/h9,12H,5-8H2,1-4H3/t9-/m0/s1. The van der Waals surface area contributed by atoms with E-state index in [1.165, 1.54) is 11.2 Å². The van der Waals surface area contributed by atoms with Gasteiger partial charge in [-0.3, -0.25) is 0 Å². The molecule has 1 fully saturated rings. The number of hydrogen-bond donors (Lipinski definition) is 1. The molecular formula is C11H22N2O4S. The number of amides is 1. The van der Waals surface area contributed by atoms with Crippen LogP contribution in [0.4, 0.5) is 4.79 Å². The molecule has 0 unspecified atom stereocenters. The van der Waals surface area contributed by atoms with E-state index in [0.29, 0.717) is 19.6 Å². The summed E-state index contributed by atoms with van der Waals surface area (Å²) in [6, 6.07) is -0.358. The highest BCUT2D eigenvalue weighted by Gasteiger charge is 2.32. The predicted molar refractivity (Wildman–Crippen MR) is 69.3 cm³/mol. The Kier molecular flexibility index (Phi) is 4.61. The molecule has 0 bridgehead atoms. The van der Waals surface area contributed by atoms with Crippen molar-refractivity contribution in [1.82, 2.24) is 10.2 Å². The first-order valence-electron chi connectivity index (χ1n) is 5.96. The van der Waals surface area contributed by atoms with Gasteiger partial charge in [0.05, 0.1) is 11.8 Å². The fourth-order valence-electron chi connectivity index (χ4n) is 1.82. The van der Waals surface area contributed by atoms with E-state index in [2.05, 4.69) is 5.32 Å². The molecule has 0 saturated carbocycles. The van der Waals surface area contributed by atoms with Crippen molar-refractivity contribution >= 4 is 15.9 Å². The number of nitrogens with zero attached hydrogens (tertiary/aromatic N) is 1. The van der Waals surface area contributed by atoms with Crippen molar-refractivity contribution in [2.24, 2.45) is 0 Å². The summed E-state index contributed by atoms with van der Waals surface area (Å²) in [5.41, 5.74) is -0.572. The fourth-order valence-corrected chi connectivity index (χ4v) is 2.82. The quantitative estimate of drug-likeness (QED) is 0.783. The Hall–Kier alpha value is -0.820. The van der Waals surface area contributed by atoms with Crippen LogP contribution in [0.5, 0.6) is 0 Å². The summed E-state index contributed by atoms with van der Waals surface area (Å²) in [6.07, 6.45) is 0.729. The largest absolute Gasteiger partial charge is 0.444 e. The molecule has 0 radical (unpaired) electrons. The first kappa shape index (κ1) is 15.2. The Labute approximate surface area is 109 Å². The lowest BCUT2D eigenvalue weighted by Gasteiger charge is -2.36. The van der Waals surface area contributed by atoms with Gasteiger partial charge in [-0.05, 0) is 20.8 Å². The number of nitrogens with one attached hydrogen (secondary N) is 1. The summed E-state index contributed by atoms with van der Waals surface area (Å²) in [5, 5.41) is 3.09. The molecule has 1 amide bonds. The third-order valence-electron chi connectivity index (χ3n) is 2.47. The van der Waals surface area contributed by atoms with Crippen molar-refractivity contribution in [3.8, 4) is 0 Å². The number of rotatable bonds is 2. The summed E-state index contributed by atoms with van der Waals surface area (Å²) >= 11 is 0. The van der Waals surface area contributed by atoms with E-state index in [9.17, 15) is 13.2 Å². The van der Waals surface area contributed by atoms with Gasteiger partial charge in [-0.1, -0.05) is 0 Å². The van der Waals surface area contributed by atoms with Gasteiger partial charge in [0.2, 0.25) is 0 Å². The van der Waals surface area contributed by atoms with Gasteiger partial charge in [0.25, 0.3) is 0 Å². The van der Waals surface area contributed by atoms with Gasteiger partial charge in [0, 0.05) is 25.9 Å². The highest BCUT2D eigenvalue weighted by molar-refractivity contribution is 7.90. The molecule has 18 heavy (non-hydrogen) atoms. The van der Waals surface area contributed by atoms with Gasteiger partial charge < -0.3 is 15.0 Å². The highest BCUT2D eigenvalue weighted by Crippen LogP contribution is 2.14. The van der Waals surface area contributed by atoms with E-state index < -0.39 is 21.5 Å². The lowest BCUT2D eigenvalue weighted by molar-refractivity contribution is 0.0144. The van der Waals surface area contributed by atoms with Crippen LogP contribution >= 0.6 is 0 Å². The number of piperazine rings is 1. The molecular weight excluding hydrogens is 256 g/mol. The van der Waals surface area contributed by atoms with Crippen molar-refractivity contribution in [2.45, 2.75) is 32.4 Å². The predicted octanol–water partition coefficient (Wildman–Crippen LogP) is 0.240. The second kappa shape index (κ2) is 5.44. The first-order valence-corrected chi connectivity index (χ1v) is 8.02. The maximum atomic E-state index is 12.0. The maximum Gasteiger partial charge on any atom is 0.410 e. The SMILES string of the molecule is CC(C)(C)OC(=O)N1CCNC[C@H]1CS(C)(=O)=O. The van der Waals surface area contributed by atoms with Crippen LogP contribution in [-0.4, -0.2) is 62.7 Å². The van der Waals surface area contributed by atoms with Gasteiger partial charge in [-0.15, -0.1) is 0 Å². The number of carbonyl (C=O) groups excluding carboxylic acids is 1. The number of hydrogen-bond acceptors (Lipinski definition) is 5. The highest BCUT2D eigenvalue weighted by atomic mass is 32.2. The molecule has 6 nitrogen and oxygen atoms in total. The Bertz CT molecular complexity index is 400. The van der Waals surface area contributed by atoms with Crippen molar-refractivity contribution < 1.29 is 17.9 Å². The minimum atomic E-state index is -3.12. The molecule has 1 atom stereocenters. The third-order valence-corrected chi connectivity index (χ3v) is 3.46. The Balaban J connectivity index is 2.73. The zero-order chi connectivity index (χ0) is 14.0. The number of sulfone groups is 1. The molecule has 1 heterocycles. The van der Waals surface area contributed by atoms with Crippen LogP contribution in [0.2, 0.25) is 0 Å². The number of carbonyl (C=O) groups is 1. The Morgan fingerprint density at radius 2 is 2.06 bits per heavy atom. The van der Waals surface area contributed by atoms with Crippen LogP contribution in [-0.2, 0) is 14.6 Å². The monoisotopic (exact) mass is 278 g/mol. The first-order chi connectivity index (χ1) is 8.08. The summed E-state index contributed by atoms with van der Waals surface area (Å²) in [6.45, 7) is 6.97. The normalized spacial score (nSPS) is 21.8. The summed E-state index contributed by atoms with van der Waals surface area (Å²) < 4.78 is 28.0. The molecule has 106 valence electrons. The van der Waals surface area contributed by atoms with Crippen LogP contribution in [0.15, 0.2) is 0 Å². The summed E-state index contributed by atoms with van der Waals surface area (Å²) in [4.78, 5) is 13.5. The van der Waals surface area contributed by atoms with Crippen molar-refractivity contribution in [3.63, 3.8) is 0 Å². The minimum Gasteiger partial charge on any atom is -0.444 e. The van der Waals surface area contributed by atoms with E-state index >= 15 is 0 Å². The molecule has 0 aromatic carbocycles. The molecule has 0 spiro atoms. The van der Waals surface area contributed by atoms with Gasteiger partial charge in [0.1, 0.15) is 15.4 Å². The van der Waals surface area contributed by atoms with E-state index in [0.717, 1.165) is 0 Å². The van der Waals surface area contributed by atoms with Crippen LogP contribution < -0.4 is 5.32 Å². The lowest BCUT2D eigenvalue weighted by Crippen LogP contribution is -2.56. The number of ether oxygens (including phenoxy) is 1. The van der Waals surface area contributed by atoms with Crippen LogP contribution in [0.25, 0.3) is 0 Å². The van der Waals surface area contributed by atoms with Gasteiger partial charge in [-0.25, -0.2) is 13.2 Å². The molecule has 0 aliphatic carbocycles. The molecule has 1 aliphatic rings. The average molecular weight is 278 g/mol. The zero-order valence-corrected chi connectivity index (χ0v) is 12.2.